The molecule has 1 aliphatic rings. The van der Waals surface area contributed by atoms with Crippen molar-refractivity contribution < 1.29 is 18.3 Å². The molecule has 21 heavy (non-hydrogen) atoms. The highest BCUT2D eigenvalue weighted by molar-refractivity contribution is 5.36. The van der Waals surface area contributed by atoms with Crippen molar-refractivity contribution in [1.82, 2.24) is 0 Å². The van der Waals surface area contributed by atoms with E-state index in [-0.39, 0.29) is 5.56 Å². The first-order valence-corrected chi connectivity index (χ1v) is 6.90. The Morgan fingerprint density at radius 2 is 1.62 bits per heavy atom. The van der Waals surface area contributed by atoms with Gasteiger partial charge in [0.2, 0.25) is 0 Å². The molecular formula is C17H15F3O. The number of rotatable bonds is 3. The van der Waals surface area contributed by atoms with Crippen LogP contribution in [0.1, 0.15) is 47.1 Å². The first kappa shape index (κ1) is 14.1. The molecule has 1 nitrogen and oxygen atoms in total. The molecule has 0 radical (unpaired) electrons. The molecule has 1 unspecified atom stereocenters. The van der Waals surface area contributed by atoms with Crippen LogP contribution in [-0.2, 0) is 6.18 Å². The Morgan fingerprint density at radius 1 is 0.952 bits per heavy atom. The molecule has 1 N–H and O–H groups in total. The van der Waals surface area contributed by atoms with Crippen molar-refractivity contribution in [2.75, 3.05) is 0 Å². The van der Waals surface area contributed by atoms with Gasteiger partial charge in [0, 0.05) is 0 Å². The summed E-state index contributed by atoms with van der Waals surface area (Å²) in [5, 5.41) is 10.3. The van der Waals surface area contributed by atoms with E-state index in [1.807, 2.05) is 12.1 Å². The highest BCUT2D eigenvalue weighted by Gasteiger charge is 2.31. The lowest BCUT2D eigenvalue weighted by molar-refractivity contribution is -0.137. The Morgan fingerprint density at radius 3 is 2.19 bits per heavy atom. The van der Waals surface area contributed by atoms with Gasteiger partial charge in [-0.2, -0.15) is 13.2 Å². The van der Waals surface area contributed by atoms with Gasteiger partial charge in [-0.15, -0.1) is 0 Å². The summed E-state index contributed by atoms with van der Waals surface area (Å²) in [6, 6.07) is 12.3. The molecule has 0 spiro atoms. The van der Waals surface area contributed by atoms with Crippen LogP contribution in [0.25, 0.3) is 0 Å². The zero-order chi connectivity index (χ0) is 15.0. The molecular weight excluding hydrogens is 277 g/mol. The fourth-order valence-corrected chi connectivity index (χ4v) is 2.44. The molecule has 1 aliphatic carbocycles. The third-order valence-electron chi connectivity index (χ3n) is 3.83. The summed E-state index contributed by atoms with van der Waals surface area (Å²) >= 11 is 0. The monoisotopic (exact) mass is 292 g/mol. The molecule has 0 bridgehead atoms. The lowest BCUT2D eigenvalue weighted by atomic mass is 9.98. The first-order valence-electron chi connectivity index (χ1n) is 6.90. The molecule has 0 aromatic heterocycles. The minimum Gasteiger partial charge on any atom is -0.384 e. The van der Waals surface area contributed by atoms with Crippen LogP contribution >= 0.6 is 0 Å². The zero-order valence-electron chi connectivity index (χ0n) is 11.3. The van der Waals surface area contributed by atoms with E-state index >= 15 is 0 Å². The number of hydrogen-bond acceptors (Lipinski definition) is 1. The summed E-state index contributed by atoms with van der Waals surface area (Å²) in [6.07, 6.45) is -3.06. The average molecular weight is 292 g/mol. The average Bonchev–Trinajstić information content (AvgIpc) is 3.31. The van der Waals surface area contributed by atoms with Crippen LogP contribution in [-0.4, -0.2) is 5.11 Å². The van der Waals surface area contributed by atoms with Crippen LogP contribution in [0.3, 0.4) is 0 Å². The lowest BCUT2D eigenvalue weighted by Gasteiger charge is -2.14. The molecule has 110 valence electrons. The smallest absolute Gasteiger partial charge is 0.384 e. The first-order chi connectivity index (χ1) is 9.95. The Labute approximate surface area is 121 Å². The van der Waals surface area contributed by atoms with E-state index in [2.05, 4.69) is 0 Å². The van der Waals surface area contributed by atoms with Crippen molar-refractivity contribution in [1.29, 1.82) is 0 Å². The SMILES string of the molecule is OC(c1ccc(C2CC2)cc1)c1cccc(C(F)(F)F)c1. The molecule has 1 fully saturated rings. The maximum absolute atomic E-state index is 12.7. The topological polar surface area (TPSA) is 20.2 Å². The third-order valence-corrected chi connectivity index (χ3v) is 3.83. The zero-order valence-corrected chi connectivity index (χ0v) is 11.3. The van der Waals surface area contributed by atoms with E-state index in [9.17, 15) is 18.3 Å². The van der Waals surface area contributed by atoms with Gasteiger partial charge < -0.3 is 5.11 Å². The molecule has 0 heterocycles. The van der Waals surface area contributed by atoms with Crippen molar-refractivity contribution in [2.45, 2.75) is 31.0 Å². The summed E-state index contributed by atoms with van der Waals surface area (Å²) in [5.74, 6) is 0.616. The molecule has 3 rings (SSSR count). The van der Waals surface area contributed by atoms with Gasteiger partial charge in [-0.25, -0.2) is 0 Å². The second-order valence-electron chi connectivity index (χ2n) is 5.47. The second-order valence-corrected chi connectivity index (χ2v) is 5.47. The van der Waals surface area contributed by atoms with Crippen molar-refractivity contribution in [3.63, 3.8) is 0 Å². The van der Waals surface area contributed by atoms with Gasteiger partial charge in [0.05, 0.1) is 5.56 Å². The maximum atomic E-state index is 12.7. The van der Waals surface area contributed by atoms with Gasteiger partial charge in [-0.05, 0) is 47.6 Å². The molecule has 2 aromatic rings. The predicted octanol–water partition coefficient (Wildman–Crippen LogP) is 4.66. The van der Waals surface area contributed by atoms with Crippen molar-refractivity contribution in [3.8, 4) is 0 Å². The summed E-state index contributed by atoms with van der Waals surface area (Å²) in [4.78, 5) is 0. The van der Waals surface area contributed by atoms with Crippen LogP contribution < -0.4 is 0 Å². The fourth-order valence-electron chi connectivity index (χ4n) is 2.44. The maximum Gasteiger partial charge on any atom is 0.416 e. The molecule has 2 aromatic carbocycles. The molecule has 0 amide bonds. The van der Waals surface area contributed by atoms with E-state index in [1.54, 1.807) is 12.1 Å². The highest BCUT2D eigenvalue weighted by atomic mass is 19.4. The van der Waals surface area contributed by atoms with Crippen LogP contribution in [0.4, 0.5) is 13.2 Å². The largest absolute Gasteiger partial charge is 0.416 e. The molecule has 0 saturated heterocycles. The number of aliphatic hydroxyl groups excluding tert-OH is 1. The number of hydrogen-bond donors (Lipinski definition) is 1. The van der Waals surface area contributed by atoms with Gasteiger partial charge in [0.25, 0.3) is 0 Å². The Kier molecular flexibility index (Phi) is 3.49. The van der Waals surface area contributed by atoms with Gasteiger partial charge >= 0.3 is 6.18 Å². The number of halogens is 3. The Hall–Kier alpha value is -1.81. The van der Waals surface area contributed by atoms with E-state index in [4.69, 9.17) is 0 Å². The third kappa shape index (κ3) is 3.10. The second kappa shape index (κ2) is 5.19. The molecule has 0 aliphatic heterocycles. The number of alkyl halides is 3. The molecule has 4 heteroatoms. The number of aliphatic hydroxyl groups is 1. The quantitative estimate of drug-likeness (QED) is 0.872. The highest BCUT2D eigenvalue weighted by Crippen LogP contribution is 2.40. The van der Waals surface area contributed by atoms with Crippen LogP contribution in [0.15, 0.2) is 48.5 Å². The lowest BCUT2D eigenvalue weighted by Crippen LogP contribution is -2.07. The van der Waals surface area contributed by atoms with Crippen LogP contribution in [0.5, 0.6) is 0 Å². The number of benzene rings is 2. The van der Waals surface area contributed by atoms with Gasteiger partial charge in [0.1, 0.15) is 6.10 Å². The summed E-state index contributed by atoms with van der Waals surface area (Å²) in [6.45, 7) is 0. The standard InChI is InChI=1S/C17H15F3O/c18-17(19,20)15-3-1-2-14(10-15)16(21)13-8-6-12(7-9-13)11-4-5-11/h1-3,6-11,16,21H,4-5H2. The van der Waals surface area contributed by atoms with E-state index in [1.165, 1.54) is 30.5 Å². The van der Waals surface area contributed by atoms with Crippen LogP contribution in [0, 0.1) is 0 Å². The van der Waals surface area contributed by atoms with E-state index in [0.717, 1.165) is 12.1 Å². The van der Waals surface area contributed by atoms with Gasteiger partial charge in [-0.1, -0.05) is 36.4 Å². The predicted molar refractivity (Wildman–Crippen MR) is 73.9 cm³/mol. The minimum atomic E-state index is -4.40. The summed E-state index contributed by atoms with van der Waals surface area (Å²) < 4.78 is 38.1. The van der Waals surface area contributed by atoms with Crippen molar-refractivity contribution in [3.05, 3.63) is 70.8 Å². The normalized spacial score (nSPS) is 16.8. The van der Waals surface area contributed by atoms with Crippen molar-refractivity contribution >= 4 is 0 Å². The summed E-state index contributed by atoms with van der Waals surface area (Å²) in [5.41, 5.74) is 1.35. The van der Waals surface area contributed by atoms with Crippen LogP contribution in [0.2, 0.25) is 0 Å². The Balaban J connectivity index is 1.85. The summed E-state index contributed by atoms with van der Waals surface area (Å²) in [7, 11) is 0. The molecule has 1 atom stereocenters. The van der Waals surface area contributed by atoms with Crippen molar-refractivity contribution in [2.24, 2.45) is 0 Å². The van der Waals surface area contributed by atoms with Gasteiger partial charge in [-0.3, -0.25) is 0 Å². The minimum absolute atomic E-state index is 0.254. The molecule has 1 saturated carbocycles. The fraction of sp³-hybridized carbons (Fsp3) is 0.294. The van der Waals surface area contributed by atoms with Gasteiger partial charge in [0.15, 0.2) is 0 Å². The Bertz CT molecular complexity index is 627. The van der Waals surface area contributed by atoms with E-state index in [0.29, 0.717) is 11.5 Å². The van der Waals surface area contributed by atoms with E-state index < -0.39 is 17.8 Å².